The standard InChI is InChI=1S/C23H15N7/c1-4-17(14-6-9-24-10-7-14)20-19(5-1)27-23(28-20)21-18-11-16(13-26-22(18)30-29-21)15-3-2-8-25-12-15/h1-13H,(H,27,28)(H,26,29,30). The van der Waals surface area contributed by atoms with Crippen LogP contribution in [0.25, 0.3) is 55.8 Å². The predicted octanol–water partition coefficient (Wildman–Crippen LogP) is 4.63. The molecule has 7 nitrogen and oxygen atoms in total. The molecule has 6 rings (SSSR count). The predicted molar refractivity (Wildman–Crippen MR) is 115 cm³/mol. The van der Waals surface area contributed by atoms with Crippen LogP contribution in [-0.2, 0) is 0 Å². The number of fused-ring (bicyclic) bond motifs is 2. The minimum atomic E-state index is 0.697. The topological polar surface area (TPSA) is 96.0 Å². The Hall–Kier alpha value is -4.39. The number of imidazole rings is 1. The third-order valence-electron chi connectivity index (χ3n) is 5.14. The van der Waals surface area contributed by atoms with E-state index in [0.29, 0.717) is 11.5 Å². The molecule has 0 fully saturated rings. The van der Waals surface area contributed by atoms with Crippen molar-refractivity contribution in [2.75, 3.05) is 0 Å². The van der Waals surface area contributed by atoms with Crippen molar-refractivity contribution in [3.63, 3.8) is 0 Å². The van der Waals surface area contributed by atoms with Crippen LogP contribution in [0.1, 0.15) is 0 Å². The molecule has 5 heterocycles. The minimum absolute atomic E-state index is 0.697. The van der Waals surface area contributed by atoms with E-state index >= 15 is 0 Å². The SMILES string of the molecule is c1cncc(-c2cnc3[nH]nc(-c4nc5c(-c6ccncc6)cccc5[nH]4)c3c2)c1. The highest BCUT2D eigenvalue weighted by Gasteiger charge is 2.16. The first kappa shape index (κ1) is 16.6. The molecular weight excluding hydrogens is 374 g/mol. The molecule has 0 bridgehead atoms. The molecule has 0 saturated carbocycles. The van der Waals surface area contributed by atoms with E-state index in [1.54, 1.807) is 18.6 Å². The van der Waals surface area contributed by atoms with Crippen LogP contribution in [0.4, 0.5) is 0 Å². The summed E-state index contributed by atoms with van der Waals surface area (Å²) in [7, 11) is 0. The number of H-pyrrole nitrogens is 2. The van der Waals surface area contributed by atoms with Crippen molar-refractivity contribution < 1.29 is 0 Å². The molecule has 0 aliphatic heterocycles. The van der Waals surface area contributed by atoms with E-state index in [1.165, 1.54) is 0 Å². The number of pyridine rings is 3. The van der Waals surface area contributed by atoms with Gasteiger partial charge in [-0.15, -0.1) is 0 Å². The maximum absolute atomic E-state index is 4.89. The van der Waals surface area contributed by atoms with Gasteiger partial charge in [-0.1, -0.05) is 18.2 Å². The van der Waals surface area contributed by atoms with Crippen molar-refractivity contribution in [3.05, 3.63) is 79.5 Å². The number of rotatable bonds is 3. The van der Waals surface area contributed by atoms with Crippen molar-refractivity contribution in [3.8, 4) is 33.8 Å². The summed E-state index contributed by atoms with van der Waals surface area (Å²) in [5, 5.41) is 8.41. The summed E-state index contributed by atoms with van der Waals surface area (Å²) in [4.78, 5) is 21.1. The summed E-state index contributed by atoms with van der Waals surface area (Å²) >= 11 is 0. The Balaban J connectivity index is 1.52. The van der Waals surface area contributed by atoms with Crippen LogP contribution in [0.15, 0.2) is 79.5 Å². The fourth-order valence-electron chi connectivity index (χ4n) is 3.68. The van der Waals surface area contributed by atoms with Gasteiger partial charge < -0.3 is 4.98 Å². The molecule has 30 heavy (non-hydrogen) atoms. The zero-order valence-corrected chi connectivity index (χ0v) is 15.7. The number of nitrogens with one attached hydrogen (secondary N) is 2. The maximum Gasteiger partial charge on any atom is 0.159 e. The smallest absolute Gasteiger partial charge is 0.159 e. The number of para-hydroxylation sites is 1. The molecule has 0 aliphatic carbocycles. The third kappa shape index (κ3) is 2.64. The van der Waals surface area contributed by atoms with Gasteiger partial charge in [0.05, 0.1) is 16.4 Å². The number of hydrogen-bond acceptors (Lipinski definition) is 5. The molecular formula is C23H15N7. The quantitative estimate of drug-likeness (QED) is 0.460. The Bertz CT molecular complexity index is 1480. The molecule has 0 atom stereocenters. The van der Waals surface area contributed by atoms with Gasteiger partial charge in [-0.25, -0.2) is 9.97 Å². The molecule has 7 heteroatoms. The van der Waals surface area contributed by atoms with Crippen LogP contribution in [0.5, 0.6) is 0 Å². The van der Waals surface area contributed by atoms with Gasteiger partial charge in [0.1, 0.15) is 5.69 Å². The highest BCUT2D eigenvalue weighted by molar-refractivity contribution is 5.97. The Labute approximate surface area is 170 Å². The summed E-state index contributed by atoms with van der Waals surface area (Å²) < 4.78 is 0. The summed E-state index contributed by atoms with van der Waals surface area (Å²) in [6, 6.07) is 16.1. The second-order valence-electron chi connectivity index (χ2n) is 6.96. The van der Waals surface area contributed by atoms with E-state index in [4.69, 9.17) is 4.98 Å². The van der Waals surface area contributed by atoms with Crippen LogP contribution in [0.2, 0.25) is 0 Å². The van der Waals surface area contributed by atoms with Gasteiger partial charge in [-0.05, 0) is 35.9 Å². The van der Waals surface area contributed by atoms with Crippen LogP contribution in [0, 0.1) is 0 Å². The maximum atomic E-state index is 4.89. The number of hydrogen-bond donors (Lipinski definition) is 2. The van der Waals surface area contributed by atoms with Crippen molar-refractivity contribution >= 4 is 22.1 Å². The zero-order chi connectivity index (χ0) is 19.9. The lowest BCUT2D eigenvalue weighted by Crippen LogP contribution is -1.84. The summed E-state index contributed by atoms with van der Waals surface area (Å²) in [5.41, 5.74) is 7.40. The van der Waals surface area contributed by atoms with Crippen molar-refractivity contribution in [2.24, 2.45) is 0 Å². The van der Waals surface area contributed by atoms with Gasteiger partial charge in [0, 0.05) is 47.7 Å². The summed E-state index contributed by atoms with van der Waals surface area (Å²) in [6.45, 7) is 0. The molecule has 5 aromatic heterocycles. The molecule has 0 spiro atoms. The van der Waals surface area contributed by atoms with Crippen LogP contribution in [0.3, 0.4) is 0 Å². The lowest BCUT2D eigenvalue weighted by molar-refractivity contribution is 1.09. The fraction of sp³-hybridized carbons (Fsp3) is 0. The van der Waals surface area contributed by atoms with E-state index < -0.39 is 0 Å². The van der Waals surface area contributed by atoms with Crippen molar-refractivity contribution in [1.82, 2.24) is 35.1 Å². The van der Waals surface area contributed by atoms with Crippen molar-refractivity contribution in [2.45, 2.75) is 0 Å². The molecule has 0 radical (unpaired) electrons. The van der Waals surface area contributed by atoms with Gasteiger partial charge in [-0.3, -0.25) is 15.1 Å². The Morgan fingerprint density at radius 3 is 2.57 bits per heavy atom. The van der Waals surface area contributed by atoms with E-state index in [1.807, 2.05) is 48.8 Å². The normalized spacial score (nSPS) is 11.3. The minimum Gasteiger partial charge on any atom is -0.337 e. The Morgan fingerprint density at radius 2 is 1.70 bits per heavy atom. The van der Waals surface area contributed by atoms with Crippen molar-refractivity contribution in [1.29, 1.82) is 0 Å². The summed E-state index contributed by atoms with van der Waals surface area (Å²) in [5.74, 6) is 0.697. The second kappa shape index (κ2) is 6.59. The van der Waals surface area contributed by atoms with Gasteiger partial charge in [0.2, 0.25) is 0 Å². The average molecular weight is 389 g/mol. The fourth-order valence-corrected chi connectivity index (χ4v) is 3.68. The molecule has 142 valence electrons. The lowest BCUT2D eigenvalue weighted by Gasteiger charge is -2.01. The number of benzene rings is 1. The van der Waals surface area contributed by atoms with Gasteiger partial charge in [0.25, 0.3) is 0 Å². The Morgan fingerprint density at radius 1 is 0.767 bits per heavy atom. The van der Waals surface area contributed by atoms with E-state index in [0.717, 1.165) is 44.4 Å². The first-order valence-electron chi connectivity index (χ1n) is 9.51. The van der Waals surface area contributed by atoms with E-state index in [2.05, 4.69) is 42.3 Å². The average Bonchev–Trinajstić information content (AvgIpc) is 3.43. The lowest BCUT2D eigenvalue weighted by atomic mass is 10.1. The molecule has 0 unspecified atom stereocenters. The summed E-state index contributed by atoms with van der Waals surface area (Å²) in [6.07, 6.45) is 8.98. The number of nitrogens with zero attached hydrogens (tertiary/aromatic N) is 5. The van der Waals surface area contributed by atoms with Gasteiger partial charge in [-0.2, -0.15) is 5.10 Å². The van der Waals surface area contributed by atoms with E-state index in [-0.39, 0.29) is 0 Å². The van der Waals surface area contributed by atoms with Crippen LogP contribution >= 0.6 is 0 Å². The molecule has 2 N–H and O–H groups in total. The largest absolute Gasteiger partial charge is 0.337 e. The van der Waals surface area contributed by atoms with Crippen LogP contribution < -0.4 is 0 Å². The Kier molecular flexibility index (Phi) is 3.64. The monoisotopic (exact) mass is 389 g/mol. The second-order valence-corrected chi connectivity index (χ2v) is 6.96. The third-order valence-corrected chi connectivity index (χ3v) is 5.14. The number of aromatic nitrogens is 7. The van der Waals surface area contributed by atoms with E-state index in [9.17, 15) is 0 Å². The molecule has 6 aromatic rings. The van der Waals surface area contributed by atoms with Gasteiger partial charge in [0.15, 0.2) is 11.5 Å². The highest BCUT2D eigenvalue weighted by atomic mass is 15.2. The van der Waals surface area contributed by atoms with Gasteiger partial charge >= 0.3 is 0 Å². The van der Waals surface area contributed by atoms with Crippen LogP contribution in [-0.4, -0.2) is 35.1 Å². The zero-order valence-electron chi connectivity index (χ0n) is 15.7. The number of aromatic amines is 2. The first-order chi connectivity index (χ1) is 14.9. The molecule has 0 saturated heterocycles. The molecule has 0 amide bonds. The first-order valence-corrected chi connectivity index (χ1v) is 9.51. The molecule has 1 aromatic carbocycles. The molecule has 0 aliphatic rings. The highest BCUT2D eigenvalue weighted by Crippen LogP contribution is 2.32.